The third-order valence-corrected chi connectivity index (χ3v) is 3.77. The highest BCUT2D eigenvalue weighted by atomic mass is 16.1. The molecule has 1 aromatic heterocycles. The summed E-state index contributed by atoms with van der Waals surface area (Å²) in [4.78, 5) is 19.2. The molecule has 1 aromatic rings. The van der Waals surface area contributed by atoms with Gasteiger partial charge in [-0.1, -0.05) is 33.6 Å². The standard InChI is InChI=1S/C14H22N2O/c1-9(2)12-8-13(17)16-14(15-12)11-6-4-10(3)5-7-11/h8-11H,4-7H2,1-3H3,(H,15,16,17). The van der Waals surface area contributed by atoms with Crippen LogP contribution in [0.1, 0.15) is 69.8 Å². The van der Waals surface area contributed by atoms with Crippen molar-refractivity contribution in [2.75, 3.05) is 0 Å². The van der Waals surface area contributed by atoms with E-state index >= 15 is 0 Å². The summed E-state index contributed by atoms with van der Waals surface area (Å²) in [7, 11) is 0. The third-order valence-electron chi connectivity index (χ3n) is 3.77. The zero-order chi connectivity index (χ0) is 12.4. The van der Waals surface area contributed by atoms with E-state index in [4.69, 9.17) is 0 Å². The van der Waals surface area contributed by atoms with Crippen LogP contribution in [0.25, 0.3) is 0 Å². The maximum Gasteiger partial charge on any atom is 0.251 e. The lowest BCUT2D eigenvalue weighted by atomic mass is 9.82. The Morgan fingerprint density at radius 2 is 1.94 bits per heavy atom. The van der Waals surface area contributed by atoms with Crippen molar-refractivity contribution in [3.05, 3.63) is 27.9 Å². The summed E-state index contributed by atoms with van der Waals surface area (Å²) in [5, 5.41) is 0. The normalized spacial score (nSPS) is 25.2. The summed E-state index contributed by atoms with van der Waals surface area (Å²) in [6.07, 6.45) is 4.82. The lowest BCUT2D eigenvalue weighted by Gasteiger charge is -2.25. The number of aromatic amines is 1. The van der Waals surface area contributed by atoms with Gasteiger partial charge in [0.1, 0.15) is 5.82 Å². The number of nitrogens with one attached hydrogen (secondary N) is 1. The predicted molar refractivity (Wildman–Crippen MR) is 69.3 cm³/mol. The molecule has 0 saturated heterocycles. The van der Waals surface area contributed by atoms with Crippen LogP contribution in [0.5, 0.6) is 0 Å². The Balaban J connectivity index is 2.23. The van der Waals surface area contributed by atoms with Crippen LogP contribution in [-0.4, -0.2) is 9.97 Å². The molecule has 0 bridgehead atoms. The van der Waals surface area contributed by atoms with Crippen molar-refractivity contribution >= 4 is 0 Å². The van der Waals surface area contributed by atoms with Crippen LogP contribution in [0, 0.1) is 5.92 Å². The van der Waals surface area contributed by atoms with Gasteiger partial charge >= 0.3 is 0 Å². The lowest BCUT2D eigenvalue weighted by Crippen LogP contribution is -2.19. The van der Waals surface area contributed by atoms with E-state index in [1.54, 1.807) is 6.07 Å². The molecule has 1 saturated carbocycles. The fraction of sp³-hybridized carbons (Fsp3) is 0.714. The van der Waals surface area contributed by atoms with Gasteiger partial charge in [-0.05, 0) is 24.7 Å². The second kappa shape index (κ2) is 5.03. The zero-order valence-electron chi connectivity index (χ0n) is 11.0. The summed E-state index contributed by atoms with van der Waals surface area (Å²) in [6.45, 7) is 6.46. The lowest BCUT2D eigenvalue weighted by molar-refractivity contribution is 0.338. The van der Waals surface area contributed by atoms with Gasteiger partial charge in [0.05, 0.1) is 5.69 Å². The zero-order valence-corrected chi connectivity index (χ0v) is 11.0. The summed E-state index contributed by atoms with van der Waals surface area (Å²) in [5.41, 5.74) is 0.916. The molecule has 1 heterocycles. The number of hydrogen-bond donors (Lipinski definition) is 1. The van der Waals surface area contributed by atoms with E-state index < -0.39 is 0 Å². The molecule has 0 aromatic carbocycles. The fourth-order valence-corrected chi connectivity index (χ4v) is 2.52. The molecule has 1 aliphatic rings. The minimum Gasteiger partial charge on any atom is -0.310 e. The molecule has 94 valence electrons. The van der Waals surface area contributed by atoms with Gasteiger partial charge in [-0.25, -0.2) is 4.98 Å². The average Bonchev–Trinajstić information content (AvgIpc) is 2.29. The molecule has 3 heteroatoms. The topological polar surface area (TPSA) is 45.8 Å². The van der Waals surface area contributed by atoms with E-state index in [1.807, 2.05) is 0 Å². The molecule has 1 aliphatic carbocycles. The average molecular weight is 234 g/mol. The van der Waals surface area contributed by atoms with Crippen molar-refractivity contribution in [1.82, 2.24) is 9.97 Å². The quantitative estimate of drug-likeness (QED) is 0.854. The van der Waals surface area contributed by atoms with Gasteiger partial charge in [-0.2, -0.15) is 0 Å². The molecule has 0 spiro atoms. The van der Waals surface area contributed by atoms with E-state index in [0.29, 0.717) is 11.8 Å². The molecule has 1 N–H and O–H groups in total. The number of rotatable bonds is 2. The Kier molecular flexibility index (Phi) is 3.65. The molecule has 0 amide bonds. The van der Waals surface area contributed by atoms with Crippen molar-refractivity contribution in [3.8, 4) is 0 Å². The number of hydrogen-bond acceptors (Lipinski definition) is 2. The van der Waals surface area contributed by atoms with Crippen LogP contribution in [0.2, 0.25) is 0 Å². The number of aromatic nitrogens is 2. The van der Waals surface area contributed by atoms with Crippen molar-refractivity contribution < 1.29 is 0 Å². The fourth-order valence-electron chi connectivity index (χ4n) is 2.52. The second-order valence-electron chi connectivity index (χ2n) is 5.67. The van der Waals surface area contributed by atoms with Crippen LogP contribution < -0.4 is 5.56 Å². The van der Waals surface area contributed by atoms with E-state index in [0.717, 1.165) is 30.3 Å². The van der Waals surface area contributed by atoms with Crippen LogP contribution >= 0.6 is 0 Å². The Hall–Kier alpha value is -1.12. The first kappa shape index (κ1) is 12.3. The van der Waals surface area contributed by atoms with Gasteiger partial charge in [0, 0.05) is 12.0 Å². The Bertz CT molecular complexity index is 428. The molecule has 0 radical (unpaired) electrons. The number of nitrogens with zero attached hydrogens (tertiary/aromatic N) is 1. The van der Waals surface area contributed by atoms with Crippen LogP contribution in [0.3, 0.4) is 0 Å². The van der Waals surface area contributed by atoms with Gasteiger partial charge in [-0.15, -0.1) is 0 Å². The third kappa shape index (κ3) is 2.96. The van der Waals surface area contributed by atoms with Crippen molar-refractivity contribution in [2.24, 2.45) is 5.92 Å². The summed E-state index contributed by atoms with van der Waals surface area (Å²) in [6, 6.07) is 1.62. The molecule has 2 rings (SSSR count). The maximum atomic E-state index is 11.6. The maximum absolute atomic E-state index is 11.6. The van der Waals surface area contributed by atoms with Crippen LogP contribution in [0.4, 0.5) is 0 Å². The Morgan fingerprint density at radius 1 is 1.29 bits per heavy atom. The van der Waals surface area contributed by atoms with Gasteiger partial charge in [0.25, 0.3) is 5.56 Å². The summed E-state index contributed by atoms with van der Waals surface area (Å²) >= 11 is 0. The monoisotopic (exact) mass is 234 g/mol. The van der Waals surface area contributed by atoms with Gasteiger partial charge in [0.15, 0.2) is 0 Å². The van der Waals surface area contributed by atoms with Gasteiger partial charge < -0.3 is 4.98 Å². The minimum absolute atomic E-state index is 0.00248. The molecular weight excluding hydrogens is 212 g/mol. The molecule has 3 nitrogen and oxygen atoms in total. The first-order chi connectivity index (χ1) is 8.06. The van der Waals surface area contributed by atoms with Crippen LogP contribution in [-0.2, 0) is 0 Å². The van der Waals surface area contributed by atoms with E-state index in [1.165, 1.54) is 12.8 Å². The Morgan fingerprint density at radius 3 is 2.53 bits per heavy atom. The Labute approximate surface area is 103 Å². The first-order valence-corrected chi connectivity index (χ1v) is 6.67. The highest BCUT2D eigenvalue weighted by molar-refractivity contribution is 5.09. The van der Waals surface area contributed by atoms with E-state index in [9.17, 15) is 4.79 Å². The molecule has 0 aliphatic heterocycles. The largest absolute Gasteiger partial charge is 0.310 e. The van der Waals surface area contributed by atoms with Gasteiger partial charge in [0.2, 0.25) is 0 Å². The van der Waals surface area contributed by atoms with Gasteiger partial charge in [-0.3, -0.25) is 4.79 Å². The first-order valence-electron chi connectivity index (χ1n) is 6.67. The molecule has 17 heavy (non-hydrogen) atoms. The van der Waals surface area contributed by atoms with Crippen LogP contribution in [0.15, 0.2) is 10.9 Å². The molecule has 0 unspecified atom stereocenters. The van der Waals surface area contributed by atoms with Crippen molar-refractivity contribution in [3.63, 3.8) is 0 Å². The second-order valence-corrected chi connectivity index (χ2v) is 5.67. The summed E-state index contributed by atoms with van der Waals surface area (Å²) < 4.78 is 0. The van der Waals surface area contributed by atoms with E-state index in [2.05, 4.69) is 30.7 Å². The summed E-state index contributed by atoms with van der Waals surface area (Å²) in [5.74, 6) is 2.51. The predicted octanol–water partition coefficient (Wildman–Crippen LogP) is 3.19. The molecule has 0 atom stereocenters. The molecule has 1 fully saturated rings. The minimum atomic E-state index is -0.00248. The van der Waals surface area contributed by atoms with E-state index in [-0.39, 0.29) is 5.56 Å². The highest BCUT2D eigenvalue weighted by Crippen LogP contribution is 2.33. The smallest absolute Gasteiger partial charge is 0.251 e. The van der Waals surface area contributed by atoms with Crippen molar-refractivity contribution in [1.29, 1.82) is 0 Å². The number of H-pyrrole nitrogens is 1. The van der Waals surface area contributed by atoms with Crippen molar-refractivity contribution in [2.45, 2.75) is 58.3 Å². The SMILES string of the molecule is CC1CCC(c2nc(C(C)C)cc(=O)[nH]2)CC1. The highest BCUT2D eigenvalue weighted by Gasteiger charge is 2.22. The molecular formula is C14H22N2O.